The molecule has 0 fully saturated rings. The molecule has 2 aromatic carbocycles. The zero-order valence-electron chi connectivity index (χ0n) is 10.4. The topological polar surface area (TPSA) is 26.3 Å². The maximum absolute atomic E-state index is 12.8. The van der Waals surface area contributed by atoms with E-state index in [1.54, 1.807) is 7.11 Å². The standard InChI is InChI=1S/C15H13FO2S/c1-18-14-4-2-3-5-15(14)19-10-13(17)11-6-8-12(16)9-7-11/h2-9H,10H2,1H3. The van der Waals surface area contributed by atoms with Crippen LogP contribution >= 0.6 is 11.8 Å². The third kappa shape index (κ3) is 3.58. The smallest absolute Gasteiger partial charge is 0.173 e. The van der Waals surface area contributed by atoms with Crippen LogP contribution in [-0.4, -0.2) is 18.6 Å². The fourth-order valence-electron chi connectivity index (χ4n) is 1.60. The first-order valence-electron chi connectivity index (χ1n) is 5.75. The van der Waals surface area contributed by atoms with Gasteiger partial charge in [-0.25, -0.2) is 4.39 Å². The van der Waals surface area contributed by atoms with Crippen molar-refractivity contribution in [2.45, 2.75) is 4.90 Å². The Bertz CT molecular complexity index is 567. The van der Waals surface area contributed by atoms with Crippen LogP contribution in [0.3, 0.4) is 0 Å². The molecule has 0 saturated heterocycles. The summed E-state index contributed by atoms with van der Waals surface area (Å²) < 4.78 is 18.0. The maximum atomic E-state index is 12.8. The normalized spacial score (nSPS) is 10.2. The molecule has 0 aliphatic rings. The first-order chi connectivity index (χ1) is 9.20. The average molecular weight is 276 g/mol. The summed E-state index contributed by atoms with van der Waals surface area (Å²) in [6.07, 6.45) is 0. The number of carbonyl (C=O) groups excluding carboxylic acids is 1. The van der Waals surface area contributed by atoms with E-state index in [9.17, 15) is 9.18 Å². The van der Waals surface area contributed by atoms with Gasteiger partial charge in [0.15, 0.2) is 5.78 Å². The molecule has 0 radical (unpaired) electrons. The van der Waals surface area contributed by atoms with E-state index in [0.717, 1.165) is 10.6 Å². The van der Waals surface area contributed by atoms with Gasteiger partial charge in [0.25, 0.3) is 0 Å². The molecule has 0 bridgehead atoms. The number of hydrogen-bond acceptors (Lipinski definition) is 3. The molecule has 2 rings (SSSR count). The Morgan fingerprint density at radius 1 is 1.16 bits per heavy atom. The molecule has 19 heavy (non-hydrogen) atoms. The molecule has 4 heteroatoms. The molecule has 0 amide bonds. The summed E-state index contributed by atoms with van der Waals surface area (Å²) in [4.78, 5) is 12.9. The second-order valence-corrected chi connectivity index (χ2v) is 4.89. The number of thioether (sulfide) groups is 1. The van der Waals surface area contributed by atoms with Gasteiger partial charge in [0.2, 0.25) is 0 Å². The van der Waals surface area contributed by atoms with Crippen molar-refractivity contribution in [3.63, 3.8) is 0 Å². The number of methoxy groups -OCH3 is 1. The van der Waals surface area contributed by atoms with Crippen LogP contribution in [0.4, 0.5) is 4.39 Å². The summed E-state index contributed by atoms with van der Waals surface area (Å²) in [5, 5.41) is 0. The maximum Gasteiger partial charge on any atom is 0.173 e. The minimum Gasteiger partial charge on any atom is -0.496 e. The largest absolute Gasteiger partial charge is 0.496 e. The third-order valence-corrected chi connectivity index (χ3v) is 3.65. The van der Waals surface area contributed by atoms with Gasteiger partial charge in [-0.05, 0) is 36.4 Å². The van der Waals surface area contributed by atoms with Gasteiger partial charge < -0.3 is 4.74 Å². The van der Waals surface area contributed by atoms with Crippen molar-refractivity contribution in [3.8, 4) is 5.75 Å². The number of para-hydroxylation sites is 1. The van der Waals surface area contributed by atoms with E-state index in [-0.39, 0.29) is 11.6 Å². The van der Waals surface area contributed by atoms with E-state index >= 15 is 0 Å². The molecule has 0 aliphatic carbocycles. The van der Waals surface area contributed by atoms with Crippen LogP contribution in [0.25, 0.3) is 0 Å². The summed E-state index contributed by atoms with van der Waals surface area (Å²) in [6.45, 7) is 0. The summed E-state index contributed by atoms with van der Waals surface area (Å²) in [7, 11) is 1.60. The van der Waals surface area contributed by atoms with E-state index in [0.29, 0.717) is 11.3 Å². The molecule has 2 nitrogen and oxygen atoms in total. The van der Waals surface area contributed by atoms with Crippen molar-refractivity contribution in [3.05, 3.63) is 59.9 Å². The number of carbonyl (C=O) groups is 1. The molecule has 0 saturated carbocycles. The van der Waals surface area contributed by atoms with Gasteiger partial charge in [-0.2, -0.15) is 0 Å². The van der Waals surface area contributed by atoms with E-state index < -0.39 is 0 Å². The number of ketones is 1. The van der Waals surface area contributed by atoms with Crippen molar-refractivity contribution >= 4 is 17.5 Å². The Hall–Kier alpha value is -1.81. The zero-order chi connectivity index (χ0) is 13.7. The van der Waals surface area contributed by atoms with Crippen LogP contribution in [0.1, 0.15) is 10.4 Å². The molecule has 0 heterocycles. The Morgan fingerprint density at radius 2 is 1.84 bits per heavy atom. The molecule has 0 atom stereocenters. The second-order valence-electron chi connectivity index (χ2n) is 3.87. The van der Waals surface area contributed by atoms with Crippen LogP contribution < -0.4 is 4.74 Å². The van der Waals surface area contributed by atoms with Crippen molar-refractivity contribution < 1.29 is 13.9 Å². The molecule has 0 spiro atoms. The number of halogens is 1. The molecule has 98 valence electrons. The lowest BCUT2D eigenvalue weighted by Gasteiger charge is -2.07. The molecular formula is C15H13FO2S. The highest BCUT2D eigenvalue weighted by Gasteiger charge is 2.09. The number of rotatable bonds is 5. The molecule has 0 N–H and O–H groups in total. The average Bonchev–Trinajstić information content (AvgIpc) is 2.45. The predicted octanol–water partition coefficient (Wildman–Crippen LogP) is 3.81. The van der Waals surface area contributed by atoms with Crippen LogP contribution in [0.5, 0.6) is 5.75 Å². The summed E-state index contributed by atoms with van der Waals surface area (Å²) in [5.74, 6) is 0.677. The Kier molecular flexibility index (Phi) is 4.58. The summed E-state index contributed by atoms with van der Waals surface area (Å²) >= 11 is 1.41. The highest BCUT2D eigenvalue weighted by molar-refractivity contribution is 8.00. The Labute approximate surface area is 115 Å². The van der Waals surface area contributed by atoms with Gasteiger partial charge in [-0.15, -0.1) is 11.8 Å². The number of Topliss-reactive ketones (excluding diaryl/α,β-unsaturated/α-hetero) is 1. The number of benzene rings is 2. The fraction of sp³-hybridized carbons (Fsp3) is 0.133. The highest BCUT2D eigenvalue weighted by Crippen LogP contribution is 2.29. The van der Waals surface area contributed by atoms with Crippen LogP contribution in [0, 0.1) is 5.82 Å². The fourth-order valence-corrected chi connectivity index (χ4v) is 2.52. The molecule has 0 unspecified atom stereocenters. The lowest BCUT2D eigenvalue weighted by atomic mass is 10.1. The van der Waals surface area contributed by atoms with Crippen molar-refractivity contribution in [2.75, 3.05) is 12.9 Å². The third-order valence-electron chi connectivity index (χ3n) is 2.59. The number of ether oxygens (including phenoxy) is 1. The zero-order valence-corrected chi connectivity index (χ0v) is 11.2. The first-order valence-corrected chi connectivity index (χ1v) is 6.74. The SMILES string of the molecule is COc1ccccc1SCC(=O)c1ccc(F)cc1. The summed E-state index contributed by atoms with van der Waals surface area (Å²) in [5.41, 5.74) is 0.517. The van der Waals surface area contributed by atoms with Crippen molar-refractivity contribution in [2.24, 2.45) is 0 Å². The van der Waals surface area contributed by atoms with Crippen LogP contribution in [0.2, 0.25) is 0 Å². The van der Waals surface area contributed by atoms with Gasteiger partial charge in [0.05, 0.1) is 12.9 Å². The quantitative estimate of drug-likeness (QED) is 0.613. The minimum absolute atomic E-state index is 0.0316. The van der Waals surface area contributed by atoms with Crippen LogP contribution in [0.15, 0.2) is 53.4 Å². The Balaban J connectivity index is 2.02. The number of hydrogen-bond donors (Lipinski definition) is 0. The first kappa shape index (κ1) is 13.6. The van der Waals surface area contributed by atoms with E-state index in [1.165, 1.54) is 36.0 Å². The van der Waals surface area contributed by atoms with Gasteiger partial charge in [0.1, 0.15) is 11.6 Å². The predicted molar refractivity (Wildman–Crippen MR) is 74.4 cm³/mol. The Morgan fingerprint density at radius 3 is 2.53 bits per heavy atom. The van der Waals surface area contributed by atoms with Gasteiger partial charge in [-0.1, -0.05) is 12.1 Å². The molecule has 2 aromatic rings. The lowest BCUT2D eigenvalue weighted by Crippen LogP contribution is -2.02. The van der Waals surface area contributed by atoms with E-state index in [4.69, 9.17) is 4.74 Å². The molecule has 0 aliphatic heterocycles. The highest BCUT2D eigenvalue weighted by atomic mass is 32.2. The van der Waals surface area contributed by atoms with E-state index in [2.05, 4.69) is 0 Å². The van der Waals surface area contributed by atoms with E-state index in [1.807, 2.05) is 24.3 Å². The van der Waals surface area contributed by atoms with Gasteiger partial charge >= 0.3 is 0 Å². The minimum atomic E-state index is -0.339. The second kappa shape index (κ2) is 6.38. The lowest BCUT2D eigenvalue weighted by molar-refractivity contribution is 0.102. The molecular weight excluding hydrogens is 263 g/mol. The van der Waals surface area contributed by atoms with Gasteiger partial charge in [0, 0.05) is 10.5 Å². The van der Waals surface area contributed by atoms with Crippen molar-refractivity contribution in [1.82, 2.24) is 0 Å². The van der Waals surface area contributed by atoms with Crippen LogP contribution in [-0.2, 0) is 0 Å². The monoisotopic (exact) mass is 276 g/mol. The van der Waals surface area contributed by atoms with Crippen molar-refractivity contribution in [1.29, 1.82) is 0 Å². The summed E-state index contributed by atoms with van der Waals surface area (Å²) in [6, 6.07) is 13.1. The molecule has 0 aromatic heterocycles. The van der Waals surface area contributed by atoms with Gasteiger partial charge in [-0.3, -0.25) is 4.79 Å².